The molecule has 6 nitrogen and oxygen atoms in total. The molecular formula is C6H12N2O4SSe. The zero-order valence-electron chi connectivity index (χ0n) is 7.25. The Bertz CT molecular complexity index is 194. The van der Waals surface area contributed by atoms with E-state index in [-0.39, 0.29) is 13.8 Å². The van der Waals surface area contributed by atoms with Crippen molar-refractivity contribution >= 4 is 36.0 Å². The summed E-state index contributed by atoms with van der Waals surface area (Å²) in [6, 6.07) is -1.74. The molecule has 0 radical (unpaired) electrons. The van der Waals surface area contributed by atoms with Gasteiger partial charge in [0.25, 0.3) is 0 Å². The SMILES string of the molecule is NC(C[Se]SC[C@H](N)C(=O)O)C(=O)O. The Kier molecular flexibility index (Phi) is 6.94. The van der Waals surface area contributed by atoms with Crippen LogP contribution in [0.2, 0.25) is 5.32 Å². The first-order chi connectivity index (χ1) is 6.45. The molecule has 2 atom stereocenters. The summed E-state index contributed by atoms with van der Waals surface area (Å²) < 4.78 is 0. The summed E-state index contributed by atoms with van der Waals surface area (Å²) in [5.41, 5.74) is 10.5. The molecule has 8 heteroatoms. The first-order valence-corrected chi connectivity index (χ1v) is 7.88. The Morgan fingerprint density at radius 3 is 2.14 bits per heavy atom. The van der Waals surface area contributed by atoms with Crippen LogP contribution in [0.25, 0.3) is 0 Å². The van der Waals surface area contributed by atoms with Crippen molar-refractivity contribution in [1.29, 1.82) is 0 Å². The van der Waals surface area contributed by atoms with Gasteiger partial charge in [-0.1, -0.05) is 0 Å². The van der Waals surface area contributed by atoms with Crippen LogP contribution in [0.4, 0.5) is 0 Å². The minimum absolute atomic E-state index is 0.0368. The third kappa shape index (κ3) is 6.22. The zero-order valence-corrected chi connectivity index (χ0v) is 9.78. The molecule has 0 heterocycles. The average molecular weight is 287 g/mol. The van der Waals surface area contributed by atoms with Crippen molar-refractivity contribution in [2.24, 2.45) is 11.5 Å². The second-order valence-electron chi connectivity index (χ2n) is 2.46. The second kappa shape index (κ2) is 7.08. The van der Waals surface area contributed by atoms with E-state index in [4.69, 9.17) is 21.7 Å². The maximum absolute atomic E-state index is 10.3. The fourth-order valence-electron chi connectivity index (χ4n) is 0.385. The maximum atomic E-state index is 10.3. The van der Waals surface area contributed by atoms with Crippen LogP contribution < -0.4 is 11.5 Å². The van der Waals surface area contributed by atoms with E-state index in [0.29, 0.717) is 11.1 Å². The molecule has 0 aliphatic heterocycles. The Balaban J connectivity index is 3.47. The Hall–Kier alpha value is -0.271. The van der Waals surface area contributed by atoms with E-state index in [1.807, 2.05) is 0 Å². The molecule has 0 spiro atoms. The molecule has 6 N–H and O–H groups in total. The monoisotopic (exact) mass is 288 g/mol. The number of carboxylic acid groups (broad SMARTS) is 2. The quantitative estimate of drug-likeness (QED) is 0.334. The number of hydrogen-bond acceptors (Lipinski definition) is 5. The van der Waals surface area contributed by atoms with E-state index < -0.39 is 24.0 Å². The van der Waals surface area contributed by atoms with Crippen molar-refractivity contribution in [3.63, 3.8) is 0 Å². The average Bonchev–Trinajstić information content (AvgIpc) is 2.11. The van der Waals surface area contributed by atoms with E-state index in [1.165, 1.54) is 10.2 Å². The molecule has 0 saturated heterocycles. The molecule has 0 aliphatic rings. The normalized spacial score (nSPS) is 14.7. The van der Waals surface area contributed by atoms with Gasteiger partial charge in [0, 0.05) is 0 Å². The predicted molar refractivity (Wildman–Crippen MR) is 54.2 cm³/mol. The molecular weight excluding hydrogens is 275 g/mol. The van der Waals surface area contributed by atoms with Crippen LogP contribution in [-0.4, -0.2) is 53.8 Å². The Morgan fingerprint density at radius 2 is 1.71 bits per heavy atom. The fraction of sp³-hybridized carbons (Fsp3) is 0.667. The third-order valence-corrected chi connectivity index (χ3v) is 5.53. The van der Waals surface area contributed by atoms with Gasteiger partial charge in [-0.3, -0.25) is 0 Å². The second-order valence-corrected chi connectivity index (χ2v) is 6.93. The Labute approximate surface area is 90.6 Å². The molecule has 0 fully saturated rings. The molecule has 0 aromatic rings. The fourth-order valence-corrected chi connectivity index (χ4v) is 4.37. The summed E-state index contributed by atoms with van der Waals surface area (Å²) >= 11 is -0.0368. The molecule has 0 bridgehead atoms. The summed E-state index contributed by atoms with van der Waals surface area (Å²) in [7, 11) is 1.35. The summed E-state index contributed by atoms with van der Waals surface area (Å²) in [5.74, 6) is -1.78. The van der Waals surface area contributed by atoms with Crippen LogP contribution in [0.5, 0.6) is 0 Å². The topological polar surface area (TPSA) is 127 Å². The number of aliphatic carboxylic acids is 2. The van der Waals surface area contributed by atoms with Crippen molar-refractivity contribution < 1.29 is 19.8 Å². The molecule has 14 heavy (non-hydrogen) atoms. The first-order valence-electron chi connectivity index (χ1n) is 3.66. The van der Waals surface area contributed by atoms with Crippen molar-refractivity contribution in [3.05, 3.63) is 0 Å². The zero-order chi connectivity index (χ0) is 11.1. The summed E-state index contributed by atoms with van der Waals surface area (Å²) in [5, 5.41) is 17.2. The van der Waals surface area contributed by atoms with Gasteiger partial charge in [-0.05, 0) is 0 Å². The van der Waals surface area contributed by atoms with Gasteiger partial charge in [0.1, 0.15) is 0 Å². The number of carboxylic acids is 2. The van der Waals surface area contributed by atoms with Crippen molar-refractivity contribution in [2.75, 3.05) is 5.75 Å². The van der Waals surface area contributed by atoms with Crippen LogP contribution in [0.1, 0.15) is 0 Å². The van der Waals surface area contributed by atoms with Crippen LogP contribution in [-0.2, 0) is 9.59 Å². The Morgan fingerprint density at radius 1 is 1.21 bits per heavy atom. The van der Waals surface area contributed by atoms with E-state index in [0.717, 1.165) is 0 Å². The number of nitrogens with two attached hydrogens (primary N) is 2. The summed E-state index contributed by atoms with van der Waals surface area (Å²) in [6.07, 6.45) is 0. The van der Waals surface area contributed by atoms with Gasteiger partial charge >= 0.3 is 90.4 Å². The molecule has 0 saturated carbocycles. The van der Waals surface area contributed by atoms with E-state index >= 15 is 0 Å². The van der Waals surface area contributed by atoms with Gasteiger partial charge in [-0.25, -0.2) is 0 Å². The summed E-state index contributed by atoms with van der Waals surface area (Å²) in [4.78, 5) is 20.6. The van der Waals surface area contributed by atoms with Gasteiger partial charge in [0.05, 0.1) is 0 Å². The standard InChI is InChI=1S/C6H12N2O4SSe/c7-3(5(9)10)1-13-14-2-4(8)6(11)12/h3-4H,1-2,7-8H2,(H,9,10)(H,11,12)/t3-,4?/m0/s1. The number of hydrogen-bond donors (Lipinski definition) is 4. The van der Waals surface area contributed by atoms with E-state index in [9.17, 15) is 9.59 Å². The van der Waals surface area contributed by atoms with Gasteiger partial charge < -0.3 is 0 Å². The van der Waals surface area contributed by atoms with Crippen LogP contribution in [0, 0.1) is 0 Å². The minimum atomic E-state index is -1.05. The van der Waals surface area contributed by atoms with Crippen LogP contribution in [0.15, 0.2) is 0 Å². The molecule has 0 aliphatic carbocycles. The van der Waals surface area contributed by atoms with Gasteiger partial charge in [-0.2, -0.15) is 0 Å². The van der Waals surface area contributed by atoms with E-state index in [2.05, 4.69) is 0 Å². The molecule has 0 rings (SSSR count). The van der Waals surface area contributed by atoms with Gasteiger partial charge in [0.15, 0.2) is 0 Å². The molecule has 0 amide bonds. The number of rotatable bonds is 7. The number of carbonyl (C=O) groups is 2. The summed E-state index contributed by atoms with van der Waals surface area (Å²) in [6.45, 7) is 0. The van der Waals surface area contributed by atoms with Crippen molar-refractivity contribution in [2.45, 2.75) is 17.4 Å². The van der Waals surface area contributed by atoms with E-state index in [1.54, 1.807) is 0 Å². The van der Waals surface area contributed by atoms with Crippen LogP contribution >= 0.6 is 10.2 Å². The van der Waals surface area contributed by atoms with Crippen molar-refractivity contribution in [1.82, 2.24) is 0 Å². The van der Waals surface area contributed by atoms with Crippen molar-refractivity contribution in [3.8, 4) is 0 Å². The van der Waals surface area contributed by atoms with Crippen LogP contribution in [0.3, 0.4) is 0 Å². The predicted octanol–water partition coefficient (Wildman–Crippen LogP) is -1.42. The molecule has 82 valence electrons. The van der Waals surface area contributed by atoms with Gasteiger partial charge in [0.2, 0.25) is 0 Å². The third-order valence-electron chi connectivity index (χ3n) is 1.21. The molecule has 1 unspecified atom stereocenters. The van der Waals surface area contributed by atoms with Gasteiger partial charge in [-0.15, -0.1) is 0 Å². The molecule has 0 aromatic heterocycles. The first kappa shape index (κ1) is 13.7. The molecule has 0 aromatic carbocycles.